The summed E-state index contributed by atoms with van der Waals surface area (Å²) in [6.45, 7) is 1.90. The van der Waals surface area contributed by atoms with E-state index >= 15 is 0 Å². The summed E-state index contributed by atoms with van der Waals surface area (Å²) in [5.74, 6) is -0.552. The highest BCUT2D eigenvalue weighted by Crippen LogP contribution is 2.12. The van der Waals surface area contributed by atoms with E-state index in [1.165, 1.54) is 0 Å². The molecule has 0 aliphatic heterocycles. The molecule has 0 bridgehead atoms. The average Bonchev–Trinajstić information content (AvgIpc) is 2.22. The molecule has 0 aromatic carbocycles. The lowest BCUT2D eigenvalue weighted by atomic mass is 9.99. The second-order valence-electron chi connectivity index (χ2n) is 2.97. The normalized spacial score (nSPS) is 11.9. The zero-order valence-electron chi connectivity index (χ0n) is 7.98. The van der Waals surface area contributed by atoms with Crippen molar-refractivity contribution in [3.05, 3.63) is 0 Å². The van der Waals surface area contributed by atoms with Crippen molar-refractivity contribution in [2.45, 2.75) is 32.6 Å². The molecule has 0 saturated carbocycles. The van der Waals surface area contributed by atoms with Crippen LogP contribution < -0.4 is 9.67 Å². The molecule has 0 saturated heterocycles. The molecule has 0 rings (SSSR count). The fraction of sp³-hybridized carbons (Fsp3) is 0.750. The van der Waals surface area contributed by atoms with Crippen LogP contribution in [0.5, 0.6) is 0 Å². The van der Waals surface area contributed by atoms with Crippen LogP contribution in [0.25, 0.3) is 0 Å². The van der Waals surface area contributed by atoms with Crippen molar-refractivity contribution >= 4 is 35.4 Å². The van der Waals surface area contributed by atoms with Crippen LogP contribution >= 0.6 is 23.6 Å². The van der Waals surface area contributed by atoms with Crippen LogP contribution in [-0.4, -0.2) is 11.8 Å². The number of carbonyl (C=O) groups is 2. The minimum atomic E-state index is -0.229. The fourth-order valence-corrected chi connectivity index (χ4v) is 1.40. The molecule has 6 heteroatoms. The van der Waals surface area contributed by atoms with Crippen molar-refractivity contribution in [3.63, 3.8) is 0 Å². The molecule has 0 radical (unpaired) electrons. The van der Waals surface area contributed by atoms with Crippen LogP contribution in [0.2, 0.25) is 0 Å². The first-order chi connectivity index (χ1) is 6.65. The van der Waals surface area contributed by atoms with Gasteiger partial charge >= 0.3 is 0 Å². The summed E-state index contributed by atoms with van der Waals surface area (Å²) >= 11 is 10.3. The smallest absolute Gasteiger partial charge is 0.237 e. The Balaban J connectivity index is 3.73. The van der Waals surface area contributed by atoms with Crippen molar-refractivity contribution in [2.24, 2.45) is 5.92 Å². The first kappa shape index (κ1) is 13.5. The third-order valence-electron chi connectivity index (χ3n) is 2.02. The third kappa shape index (κ3) is 5.29. The van der Waals surface area contributed by atoms with Gasteiger partial charge in [0.2, 0.25) is 11.8 Å². The van der Waals surface area contributed by atoms with Gasteiger partial charge in [0.05, 0.1) is 0 Å². The quantitative estimate of drug-likeness (QED) is 0.695. The molecule has 0 heterocycles. The Morgan fingerprint density at radius 3 is 2.36 bits per heavy atom. The Bertz CT molecular complexity index is 200. The van der Waals surface area contributed by atoms with Gasteiger partial charge in [0, 0.05) is 35.9 Å². The van der Waals surface area contributed by atoms with Gasteiger partial charge in [0.25, 0.3) is 0 Å². The topological polar surface area (TPSA) is 58.2 Å². The average molecular weight is 241 g/mol. The minimum absolute atomic E-state index is 0.129. The Morgan fingerprint density at radius 2 is 1.93 bits per heavy atom. The van der Waals surface area contributed by atoms with Crippen LogP contribution in [0.3, 0.4) is 0 Å². The SMILES string of the molecule is CCC(CCCC(=O)NCl)C(=O)NCl. The van der Waals surface area contributed by atoms with Gasteiger partial charge in [-0.2, -0.15) is 0 Å². The number of carbonyl (C=O) groups excluding carboxylic acids is 2. The Kier molecular flexibility index (Phi) is 7.61. The van der Waals surface area contributed by atoms with E-state index in [1.807, 2.05) is 11.8 Å². The number of nitrogens with one attached hydrogen (secondary N) is 2. The number of halogens is 2. The molecule has 4 nitrogen and oxygen atoms in total. The van der Waals surface area contributed by atoms with Crippen molar-refractivity contribution in [3.8, 4) is 0 Å². The lowest BCUT2D eigenvalue weighted by molar-refractivity contribution is -0.124. The van der Waals surface area contributed by atoms with Gasteiger partial charge in [-0.15, -0.1) is 0 Å². The van der Waals surface area contributed by atoms with Crippen molar-refractivity contribution in [1.82, 2.24) is 9.67 Å². The van der Waals surface area contributed by atoms with E-state index < -0.39 is 0 Å². The first-order valence-electron chi connectivity index (χ1n) is 4.45. The molecule has 0 fully saturated rings. The Morgan fingerprint density at radius 1 is 1.29 bits per heavy atom. The van der Waals surface area contributed by atoms with Gasteiger partial charge < -0.3 is 0 Å². The van der Waals surface area contributed by atoms with Crippen molar-refractivity contribution in [2.75, 3.05) is 0 Å². The lowest BCUT2D eigenvalue weighted by Crippen LogP contribution is -2.23. The molecular weight excluding hydrogens is 227 g/mol. The monoisotopic (exact) mass is 240 g/mol. The summed E-state index contributed by atoms with van der Waals surface area (Å²) in [5, 5.41) is 0. The molecular formula is C8H14Cl2N2O2. The molecule has 2 amide bonds. The van der Waals surface area contributed by atoms with Gasteiger partial charge in [0.15, 0.2) is 0 Å². The highest BCUT2D eigenvalue weighted by Gasteiger charge is 2.15. The third-order valence-corrected chi connectivity index (χ3v) is 2.42. The van der Waals surface area contributed by atoms with Crippen molar-refractivity contribution in [1.29, 1.82) is 0 Å². The van der Waals surface area contributed by atoms with Crippen LogP contribution in [-0.2, 0) is 9.59 Å². The van der Waals surface area contributed by atoms with Crippen molar-refractivity contribution < 1.29 is 9.59 Å². The van der Waals surface area contributed by atoms with E-state index in [4.69, 9.17) is 23.6 Å². The highest BCUT2D eigenvalue weighted by atomic mass is 35.5. The van der Waals surface area contributed by atoms with Crippen LogP contribution in [0.1, 0.15) is 32.6 Å². The zero-order chi connectivity index (χ0) is 11.0. The van der Waals surface area contributed by atoms with E-state index in [2.05, 4.69) is 4.84 Å². The van der Waals surface area contributed by atoms with E-state index in [9.17, 15) is 9.59 Å². The molecule has 0 aromatic heterocycles. The molecule has 0 aliphatic rings. The fourth-order valence-electron chi connectivity index (χ4n) is 1.15. The van der Waals surface area contributed by atoms with Gasteiger partial charge in [-0.05, 0) is 19.3 Å². The first-order valence-corrected chi connectivity index (χ1v) is 5.21. The number of amides is 2. The maximum absolute atomic E-state index is 11.1. The van der Waals surface area contributed by atoms with Crippen LogP contribution in [0.4, 0.5) is 0 Å². The summed E-state index contributed by atoms with van der Waals surface area (Å²) < 4.78 is 0. The number of hydrogen-bond acceptors (Lipinski definition) is 2. The molecule has 2 N–H and O–H groups in total. The minimum Gasteiger partial charge on any atom is -0.274 e. The summed E-state index contributed by atoms with van der Waals surface area (Å²) in [7, 11) is 0. The lowest BCUT2D eigenvalue weighted by Gasteiger charge is -2.10. The molecule has 0 aliphatic carbocycles. The second-order valence-corrected chi connectivity index (χ2v) is 3.35. The largest absolute Gasteiger partial charge is 0.274 e. The zero-order valence-corrected chi connectivity index (χ0v) is 9.49. The maximum atomic E-state index is 11.1. The summed E-state index contributed by atoms with van der Waals surface area (Å²) in [6.07, 6.45) is 2.30. The predicted octanol–water partition coefficient (Wildman–Crippen LogP) is 1.72. The van der Waals surface area contributed by atoms with E-state index in [0.29, 0.717) is 25.7 Å². The number of rotatable bonds is 6. The van der Waals surface area contributed by atoms with E-state index in [0.717, 1.165) is 0 Å². The predicted molar refractivity (Wildman–Crippen MR) is 55.6 cm³/mol. The molecule has 82 valence electrons. The van der Waals surface area contributed by atoms with Gasteiger partial charge in [-0.25, -0.2) is 0 Å². The van der Waals surface area contributed by atoms with E-state index in [-0.39, 0.29) is 17.7 Å². The molecule has 1 unspecified atom stereocenters. The van der Waals surface area contributed by atoms with Gasteiger partial charge in [-0.1, -0.05) is 6.92 Å². The van der Waals surface area contributed by atoms with Gasteiger partial charge in [0.1, 0.15) is 0 Å². The molecule has 0 aromatic rings. The Hall–Kier alpha value is -0.480. The summed E-state index contributed by atoms with van der Waals surface area (Å²) in [4.78, 5) is 26.0. The summed E-state index contributed by atoms with van der Waals surface area (Å²) in [6, 6.07) is 0. The highest BCUT2D eigenvalue weighted by molar-refractivity contribution is 6.21. The van der Waals surface area contributed by atoms with Crippen LogP contribution in [0.15, 0.2) is 0 Å². The summed E-state index contributed by atoms with van der Waals surface area (Å²) in [5.41, 5.74) is 0. The standard InChI is InChI=1S/C8H14Cl2N2O2/c1-2-6(8(14)12-10)4-3-5-7(13)11-9/h6H,2-5H2,1H3,(H,11,13)(H,12,14). The number of hydrogen-bond donors (Lipinski definition) is 2. The molecule has 1 atom stereocenters. The Labute approximate surface area is 93.5 Å². The molecule has 14 heavy (non-hydrogen) atoms. The molecule has 0 spiro atoms. The van der Waals surface area contributed by atoms with Crippen LogP contribution in [0, 0.1) is 5.92 Å². The second kappa shape index (κ2) is 7.88. The van der Waals surface area contributed by atoms with E-state index in [1.54, 1.807) is 0 Å². The maximum Gasteiger partial charge on any atom is 0.237 e. The van der Waals surface area contributed by atoms with Gasteiger partial charge in [-0.3, -0.25) is 19.3 Å².